The summed E-state index contributed by atoms with van der Waals surface area (Å²) >= 11 is 3.02. The molecule has 0 spiro atoms. The molecule has 0 aliphatic rings. The molecule has 0 bridgehead atoms. The molecular formula is C15H11BrFNO3. The number of anilines is 1. The standard InChI is InChI=1S/C15H11BrFNO3/c1-21-15(20)9-4-2-5-10(8-9)18-14(19)11-6-3-7-12(16)13(11)17/h2-8H,1H3,(H,18,19). The summed E-state index contributed by atoms with van der Waals surface area (Å²) in [6, 6.07) is 10.6. The zero-order valence-electron chi connectivity index (χ0n) is 11.0. The van der Waals surface area contributed by atoms with Gasteiger partial charge >= 0.3 is 5.97 Å². The molecule has 0 aliphatic carbocycles. The normalized spacial score (nSPS) is 10.0. The van der Waals surface area contributed by atoms with Crippen molar-refractivity contribution in [1.29, 1.82) is 0 Å². The lowest BCUT2D eigenvalue weighted by Gasteiger charge is -2.08. The maximum Gasteiger partial charge on any atom is 0.337 e. The second-order valence-corrected chi connectivity index (χ2v) is 4.98. The summed E-state index contributed by atoms with van der Waals surface area (Å²) in [5.74, 6) is -1.75. The first-order valence-electron chi connectivity index (χ1n) is 5.96. The van der Waals surface area contributed by atoms with Crippen molar-refractivity contribution in [3.05, 3.63) is 63.9 Å². The van der Waals surface area contributed by atoms with Crippen molar-refractivity contribution in [2.45, 2.75) is 0 Å². The predicted molar refractivity (Wildman–Crippen MR) is 79.8 cm³/mol. The highest BCUT2D eigenvalue weighted by molar-refractivity contribution is 9.10. The first-order chi connectivity index (χ1) is 10.0. The Labute approximate surface area is 129 Å². The van der Waals surface area contributed by atoms with E-state index >= 15 is 0 Å². The van der Waals surface area contributed by atoms with Crippen molar-refractivity contribution in [2.75, 3.05) is 12.4 Å². The second kappa shape index (κ2) is 6.49. The molecule has 4 nitrogen and oxygen atoms in total. The Morgan fingerprint density at radius 1 is 1.19 bits per heavy atom. The molecule has 21 heavy (non-hydrogen) atoms. The third kappa shape index (κ3) is 3.46. The minimum absolute atomic E-state index is 0.0900. The van der Waals surface area contributed by atoms with Crippen LogP contribution < -0.4 is 5.32 Å². The monoisotopic (exact) mass is 351 g/mol. The number of carbonyl (C=O) groups is 2. The minimum atomic E-state index is -0.640. The summed E-state index contributed by atoms with van der Waals surface area (Å²) in [5.41, 5.74) is 0.583. The zero-order valence-corrected chi connectivity index (χ0v) is 12.6. The van der Waals surface area contributed by atoms with Gasteiger partial charge in [-0.2, -0.15) is 0 Å². The number of amides is 1. The first kappa shape index (κ1) is 15.2. The molecule has 108 valence electrons. The molecule has 0 saturated carbocycles. The number of rotatable bonds is 3. The van der Waals surface area contributed by atoms with Crippen molar-refractivity contribution >= 4 is 33.5 Å². The zero-order chi connectivity index (χ0) is 15.4. The Morgan fingerprint density at radius 3 is 2.62 bits per heavy atom. The van der Waals surface area contributed by atoms with Gasteiger partial charge < -0.3 is 10.1 Å². The molecule has 6 heteroatoms. The third-order valence-corrected chi connectivity index (χ3v) is 3.35. The molecule has 1 amide bonds. The van der Waals surface area contributed by atoms with Gasteiger partial charge in [0, 0.05) is 5.69 Å². The van der Waals surface area contributed by atoms with Crippen LogP contribution in [0, 0.1) is 5.82 Å². The van der Waals surface area contributed by atoms with Crippen LogP contribution in [0.1, 0.15) is 20.7 Å². The molecule has 0 radical (unpaired) electrons. The van der Waals surface area contributed by atoms with Crippen LogP contribution in [-0.2, 0) is 4.74 Å². The van der Waals surface area contributed by atoms with Gasteiger partial charge in [-0.25, -0.2) is 9.18 Å². The molecular weight excluding hydrogens is 341 g/mol. The molecule has 0 atom stereocenters. The van der Waals surface area contributed by atoms with Crippen LogP contribution in [0.25, 0.3) is 0 Å². The van der Waals surface area contributed by atoms with E-state index in [1.165, 1.54) is 25.3 Å². The number of esters is 1. The fraction of sp³-hybridized carbons (Fsp3) is 0.0667. The van der Waals surface area contributed by atoms with Crippen molar-refractivity contribution in [2.24, 2.45) is 0 Å². The van der Waals surface area contributed by atoms with E-state index in [9.17, 15) is 14.0 Å². The van der Waals surface area contributed by atoms with Crippen molar-refractivity contribution in [1.82, 2.24) is 0 Å². The largest absolute Gasteiger partial charge is 0.465 e. The Hall–Kier alpha value is -2.21. The molecule has 0 aliphatic heterocycles. The highest BCUT2D eigenvalue weighted by atomic mass is 79.9. The number of hydrogen-bond donors (Lipinski definition) is 1. The molecule has 0 saturated heterocycles. The summed E-state index contributed by atoms with van der Waals surface area (Å²) in [5, 5.41) is 2.54. The molecule has 2 aromatic carbocycles. The SMILES string of the molecule is COC(=O)c1cccc(NC(=O)c2cccc(Br)c2F)c1. The Balaban J connectivity index is 2.24. The van der Waals surface area contributed by atoms with Crippen LogP contribution in [0.15, 0.2) is 46.9 Å². The van der Waals surface area contributed by atoms with E-state index in [1.54, 1.807) is 24.3 Å². The van der Waals surface area contributed by atoms with Crippen LogP contribution in [0.2, 0.25) is 0 Å². The Bertz CT molecular complexity index is 703. The number of nitrogens with one attached hydrogen (secondary N) is 1. The number of halogens is 2. The van der Waals surface area contributed by atoms with E-state index in [4.69, 9.17) is 0 Å². The van der Waals surface area contributed by atoms with E-state index in [0.717, 1.165) is 0 Å². The van der Waals surface area contributed by atoms with Crippen LogP contribution >= 0.6 is 15.9 Å². The van der Waals surface area contributed by atoms with E-state index in [1.807, 2.05) is 0 Å². The minimum Gasteiger partial charge on any atom is -0.465 e. The maximum absolute atomic E-state index is 13.8. The fourth-order valence-electron chi connectivity index (χ4n) is 1.72. The van der Waals surface area contributed by atoms with E-state index in [2.05, 4.69) is 26.0 Å². The smallest absolute Gasteiger partial charge is 0.337 e. The highest BCUT2D eigenvalue weighted by Crippen LogP contribution is 2.20. The third-order valence-electron chi connectivity index (χ3n) is 2.74. The Kier molecular flexibility index (Phi) is 4.70. The van der Waals surface area contributed by atoms with Crippen molar-refractivity contribution in [3.8, 4) is 0 Å². The van der Waals surface area contributed by atoms with Crippen LogP contribution in [-0.4, -0.2) is 19.0 Å². The summed E-state index contributed by atoms with van der Waals surface area (Å²) in [6.45, 7) is 0. The quantitative estimate of drug-likeness (QED) is 0.859. The van der Waals surface area contributed by atoms with Crippen molar-refractivity contribution in [3.63, 3.8) is 0 Å². The molecule has 0 heterocycles. The van der Waals surface area contributed by atoms with Crippen LogP contribution in [0.3, 0.4) is 0 Å². The lowest BCUT2D eigenvalue weighted by Crippen LogP contribution is -2.14. The molecule has 0 aromatic heterocycles. The molecule has 0 unspecified atom stereocenters. The van der Waals surface area contributed by atoms with Gasteiger partial charge in [0.2, 0.25) is 0 Å². The number of hydrogen-bond acceptors (Lipinski definition) is 3. The van der Waals surface area contributed by atoms with Crippen molar-refractivity contribution < 1.29 is 18.7 Å². The fourth-order valence-corrected chi connectivity index (χ4v) is 2.09. The van der Waals surface area contributed by atoms with Gasteiger partial charge in [0.25, 0.3) is 5.91 Å². The molecule has 2 rings (SSSR count). The first-order valence-corrected chi connectivity index (χ1v) is 6.76. The number of carbonyl (C=O) groups excluding carboxylic acids is 2. The van der Waals surface area contributed by atoms with Crippen LogP contribution in [0.4, 0.5) is 10.1 Å². The lowest BCUT2D eigenvalue weighted by atomic mass is 10.1. The summed E-state index contributed by atoms with van der Waals surface area (Å²) < 4.78 is 18.6. The van der Waals surface area contributed by atoms with Gasteiger partial charge in [-0.15, -0.1) is 0 Å². The number of benzene rings is 2. The average molecular weight is 352 g/mol. The molecule has 2 aromatic rings. The summed E-state index contributed by atoms with van der Waals surface area (Å²) in [4.78, 5) is 23.5. The number of ether oxygens (including phenoxy) is 1. The molecule has 0 fully saturated rings. The second-order valence-electron chi connectivity index (χ2n) is 4.13. The van der Waals surface area contributed by atoms with E-state index in [-0.39, 0.29) is 10.0 Å². The van der Waals surface area contributed by atoms with Gasteiger partial charge in [0.05, 0.1) is 22.7 Å². The predicted octanol–water partition coefficient (Wildman–Crippen LogP) is 3.63. The van der Waals surface area contributed by atoms with Gasteiger partial charge in [-0.05, 0) is 46.3 Å². The maximum atomic E-state index is 13.8. The average Bonchev–Trinajstić information content (AvgIpc) is 2.49. The van der Waals surface area contributed by atoms with Gasteiger partial charge in [0.1, 0.15) is 5.82 Å². The Morgan fingerprint density at radius 2 is 1.90 bits per heavy atom. The molecule has 1 N–H and O–H groups in total. The van der Waals surface area contributed by atoms with Gasteiger partial charge in [-0.1, -0.05) is 12.1 Å². The van der Waals surface area contributed by atoms with Gasteiger partial charge in [-0.3, -0.25) is 4.79 Å². The van der Waals surface area contributed by atoms with E-state index < -0.39 is 17.7 Å². The highest BCUT2D eigenvalue weighted by Gasteiger charge is 2.14. The van der Waals surface area contributed by atoms with Gasteiger partial charge in [0.15, 0.2) is 0 Å². The van der Waals surface area contributed by atoms with E-state index in [0.29, 0.717) is 11.3 Å². The summed E-state index contributed by atoms with van der Waals surface area (Å²) in [7, 11) is 1.27. The summed E-state index contributed by atoms with van der Waals surface area (Å²) in [6.07, 6.45) is 0. The van der Waals surface area contributed by atoms with Crippen LogP contribution in [0.5, 0.6) is 0 Å². The lowest BCUT2D eigenvalue weighted by molar-refractivity contribution is 0.0600. The topological polar surface area (TPSA) is 55.4 Å². The number of methoxy groups -OCH3 is 1.